The highest BCUT2D eigenvalue weighted by Gasteiger charge is 2.48. The third-order valence-electron chi connectivity index (χ3n) is 5.44. The van der Waals surface area contributed by atoms with Crippen molar-refractivity contribution in [2.24, 2.45) is 0 Å². The molecule has 2 fully saturated rings. The van der Waals surface area contributed by atoms with Crippen LogP contribution in [0, 0.1) is 5.82 Å². The molecule has 9 nitrogen and oxygen atoms in total. The molecule has 3 amide bonds. The Morgan fingerprint density at radius 3 is 2.58 bits per heavy atom. The van der Waals surface area contributed by atoms with Gasteiger partial charge in [0.2, 0.25) is 5.91 Å². The van der Waals surface area contributed by atoms with E-state index >= 15 is 0 Å². The second kappa shape index (κ2) is 10.5. The first-order valence-electron chi connectivity index (χ1n) is 10.6. The quantitative estimate of drug-likeness (QED) is 0.313. The van der Waals surface area contributed by atoms with E-state index in [1.807, 2.05) is 0 Å². The molecule has 0 unspecified atom stereocenters. The minimum atomic E-state index is -1.33. The van der Waals surface area contributed by atoms with Crippen LogP contribution in [0.1, 0.15) is 17.5 Å². The summed E-state index contributed by atoms with van der Waals surface area (Å²) in [6.07, 6.45) is 1.24. The highest BCUT2D eigenvalue weighted by atomic mass is 32.2. The van der Waals surface area contributed by atoms with Crippen LogP contribution in [0.5, 0.6) is 11.5 Å². The molecular formula is C24H19FN2O7S2. The van der Waals surface area contributed by atoms with E-state index in [0.29, 0.717) is 22.0 Å². The minimum Gasteiger partial charge on any atom is -0.493 e. The molecule has 2 aromatic carbocycles. The maximum atomic E-state index is 13.1. The predicted molar refractivity (Wildman–Crippen MR) is 131 cm³/mol. The van der Waals surface area contributed by atoms with Gasteiger partial charge in [0.15, 0.2) is 11.5 Å². The van der Waals surface area contributed by atoms with Crippen LogP contribution in [0.15, 0.2) is 47.4 Å². The standard InChI is InChI=1S/C24H19FN2O7S2/c1-33-18-8-14(4-7-17(18)34-12-13-2-5-15(25)6-3-13)9-19-23(32)27(24(35)36-19)16-10-20(28)26(22(16)31)11-21(29)30/h2-9,16H,10-12H2,1H3,(H,29,30)/b19-9-/t16-/m0/s1. The van der Waals surface area contributed by atoms with Crippen LogP contribution in [0.2, 0.25) is 0 Å². The summed E-state index contributed by atoms with van der Waals surface area (Å²) >= 11 is 6.26. The zero-order chi connectivity index (χ0) is 26.0. The van der Waals surface area contributed by atoms with Crippen LogP contribution < -0.4 is 9.47 Å². The van der Waals surface area contributed by atoms with E-state index in [9.17, 15) is 23.6 Å². The van der Waals surface area contributed by atoms with Crippen molar-refractivity contribution in [3.63, 3.8) is 0 Å². The van der Waals surface area contributed by atoms with E-state index in [2.05, 4.69) is 0 Å². The smallest absolute Gasteiger partial charge is 0.323 e. The van der Waals surface area contributed by atoms with Gasteiger partial charge in [0.1, 0.15) is 29.3 Å². The lowest BCUT2D eigenvalue weighted by molar-refractivity contribution is -0.149. The molecular weight excluding hydrogens is 511 g/mol. The summed E-state index contributed by atoms with van der Waals surface area (Å²) in [6.45, 7) is -0.574. The molecule has 12 heteroatoms. The SMILES string of the molecule is COc1cc(/C=C2\SC(=S)N([C@H]3CC(=O)N(CC(=O)O)C3=O)C2=O)ccc1OCc1ccc(F)cc1. The number of nitrogens with zero attached hydrogens (tertiary/aromatic N) is 2. The normalized spacial score (nSPS) is 18.9. The van der Waals surface area contributed by atoms with Crippen LogP contribution in [0.3, 0.4) is 0 Å². The Kier molecular flexibility index (Phi) is 7.36. The monoisotopic (exact) mass is 530 g/mol. The number of hydrogen-bond donors (Lipinski definition) is 1. The zero-order valence-electron chi connectivity index (χ0n) is 18.8. The first-order valence-corrected chi connectivity index (χ1v) is 11.8. The van der Waals surface area contributed by atoms with E-state index in [4.69, 9.17) is 26.8 Å². The van der Waals surface area contributed by atoms with Gasteiger partial charge in [-0.25, -0.2) is 4.39 Å². The number of halogens is 1. The number of thioether (sulfide) groups is 1. The van der Waals surface area contributed by atoms with Gasteiger partial charge < -0.3 is 14.6 Å². The van der Waals surface area contributed by atoms with E-state index in [0.717, 1.165) is 22.2 Å². The molecule has 36 heavy (non-hydrogen) atoms. The van der Waals surface area contributed by atoms with Crippen molar-refractivity contribution < 1.29 is 38.1 Å². The number of rotatable bonds is 8. The Labute approximate surface area is 214 Å². The Bertz CT molecular complexity index is 1300. The van der Waals surface area contributed by atoms with Crippen LogP contribution in [0.25, 0.3) is 6.08 Å². The van der Waals surface area contributed by atoms with Crippen molar-refractivity contribution in [3.05, 3.63) is 64.3 Å². The molecule has 186 valence electrons. The number of hydrogen-bond acceptors (Lipinski definition) is 8. The first kappa shape index (κ1) is 25.3. The average Bonchev–Trinajstić information content (AvgIpc) is 3.27. The van der Waals surface area contributed by atoms with Gasteiger partial charge >= 0.3 is 5.97 Å². The largest absolute Gasteiger partial charge is 0.493 e. The van der Waals surface area contributed by atoms with Gasteiger partial charge in [0.25, 0.3) is 11.8 Å². The number of carboxylic acids is 1. The average molecular weight is 531 g/mol. The molecule has 2 heterocycles. The second-order valence-corrected chi connectivity index (χ2v) is 9.48. The summed E-state index contributed by atoms with van der Waals surface area (Å²) in [5, 5.41) is 8.94. The predicted octanol–water partition coefficient (Wildman–Crippen LogP) is 2.83. The van der Waals surface area contributed by atoms with E-state index in [1.165, 1.54) is 19.2 Å². The number of carbonyl (C=O) groups excluding carboxylic acids is 3. The third-order valence-corrected chi connectivity index (χ3v) is 6.77. The third kappa shape index (κ3) is 5.24. The van der Waals surface area contributed by atoms with Gasteiger partial charge in [-0.2, -0.15) is 0 Å². The van der Waals surface area contributed by atoms with E-state index < -0.39 is 36.3 Å². The Hall–Kier alpha value is -3.77. The summed E-state index contributed by atoms with van der Waals surface area (Å²) in [4.78, 5) is 50.7. The molecule has 0 bridgehead atoms. The lowest BCUT2D eigenvalue weighted by Gasteiger charge is -2.20. The number of ether oxygens (including phenoxy) is 2. The number of carboxylic acid groups (broad SMARTS) is 1. The van der Waals surface area contributed by atoms with Crippen molar-refractivity contribution >= 4 is 58.1 Å². The molecule has 2 aliphatic heterocycles. The molecule has 4 rings (SSSR count). The fourth-order valence-electron chi connectivity index (χ4n) is 3.70. The number of amides is 3. The van der Waals surface area contributed by atoms with Crippen molar-refractivity contribution in [3.8, 4) is 11.5 Å². The number of carbonyl (C=O) groups is 4. The lowest BCUT2D eigenvalue weighted by Crippen LogP contribution is -2.45. The van der Waals surface area contributed by atoms with Crippen LogP contribution in [0.4, 0.5) is 4.39 Å². The number of imide groups is 1. The van der Waals surface area contributed by atoms with Crippen molar-refractivity contribution in [1.82, 2.24) is 9.80 Å². The Morgan fingerprint density at radius 1 is 1.19 bits per heavy atom. The van der Waals surface area contributed by atoms with Gasteiger partial charge in [-0.05, 0) is 41.5 Å². The summed E-state index contributed by atoms with van der Waals surface area (Å²) in [5.41, 5.74) is 1.37. The van der Waals surface area contributed by atoms with E-state index in [-0.39, 0.29) is 28.1 Å². The molecule has 1 atom stereocenters. The Balaban J connectivity index is 1.50. The van der Waals surface area contributed by atoms with Crippen LogP contribution >= 0.6 is 24.0 Å². The second-order valence-electron chi connectivity index (χ2n) is 7.81. The summed E-state index contributed by atoms with van der Waals surface area (Å²) in [6, 6.07) is 9.76. The lowest BCUT2D eigenvalue weighted by atomic mass is 10.1. The fourth-order valence-corrected chi connectivity index (χ4v) is 5.06. The van der Waals surface area contributed by atoms with Crippen LogP contribution in [-0.2, 0) is 25.8 Å². The molecule has 0 spiro atoms. The number of thiocarbonyl (C=S) groups is 1. The van der Waals surface area contributed by atoms with Gasteiger partial charge in [-0.3, -0.25) is 29.0 Å². The summed E-state index contributed by atoms with van der Waals surface area (Å²) in [5.74, 6) is -2.82. The van der Waals surface area contributed by atoms with Crippen molar-refractivity contribution in [2.45, 2.75) is 19.1 Å². The van der Waals surface area contributed by atoms with Gasteiger partial charge in [0, 0.05) is 0 Å². The van der Waals surface area contributed by atoms with Crippen molar-refractivity contribution in [1.29, 1.82) is 0 Å². The molecule has 2 aliphatic rings. The maximum absolute atomic E-state index is 13.1. The highest BCUT2D eigenvalue weighted by Crippen LogP contribution is 2.37. The van der Waals surface area contributed by atoms with Gasteiger partial charge in [-0.1, -0.05) is 42.2 Å². The molecule has 2 aromatic rings. The summed E-state index contributed by atoms with van der Waals surface area (Å²) in [7, 11) is 1.47. The summed E-state index contributed by atoms with van der Waals surface area (Å²) < 4.78 is 24.4. The Morgan fingerprint density at radius 2 is 1.92 bits per heavy atom. The minimum absolute atomic E-state index is 0.0980. The highest BCUT2D eigenvalue weighted by molar-refractivity contribution is 8.26. The van der Waals surface area contributed by atoms with Crippen molar-refractivity contribution in [2.75, 3.05) is 13.7 Å². The number of likely N-dealkylation sites (tertiary alicyclic amines) is 1. The zero-order valence-corrected chi connectivity index (χ0v) is 20.4. The molecule has 0 aliphatic carbocycles. The molecule has 2 saturated heterocycles. The molecule has 0 radical (unpaired) electrons. The number of benzene rings is 2. The number of aliphatic carboxylic acids is 1. The fraction of sp³-hybridized carbons (Fsp3) is 0.208. The van der Waals surface area contributed by atoms with Gasteiger partial charge in [-0.15, -0.1) is 0 Å². The maximum Gasteiger partial charge on any atom is 0.323 e. The topological polar surface area (TPSA) is 113 Å². The first-order chi connectivity index (χ1) is 17.2. The molecule has 1 N–H and O–H groups in total. The van der Waals surface area contributed by atoms with Gasteiger partial charge in [0.05, 0.1) is 18.4 Å². The molecule has 0 aromatic heterocycles. The number of methoxy groups -OCH3 is 1. The molecule has 0 saturated carbocycles. The van der Waals surface area contributed by atoms with Crippen LogP contribution in [-0.4, -0.2) is 62.6 Å². The van der Waals surface area contributed by atoms with E-state index in [1.54, 1.807) is 36.4 Å².